The normalized spacial score (nSPS) is 27.2. The van der Waals surface area contributed by atoms with Gasteiger partial charge in [-0.15, -0.1) is 6.58 Å². The van der Waals surface area contributed by atoms with Crippen LogP contribution < -0.4 is 5.32 Å². The number of Topliss-reactive ketones (excluding diaryl/α,β-unsaturated/α-hetero) is 1. The third kappa shape index (κ3) is 5.41. The summed E-state index contributed by atoms with van der Waals surface area (Å²) < 4.78 is 0. The number of phenols is 1. The van der Waals surface area contributed by atoms with Crippen LogP contribution in [-0.2, 0) is 4.79 Å². The molecule has 0 amide bonds. The number of hydrogen-bond donors (Lipinski definition) is 3. The minimum atomic E-state index is -0.807. The van der Waals surface area contributed by atoms with Crippen molar-refractivity contribution in [1.29, 1.82) is 0 Å². The maximum absolute atomic E-state index is 11.6. The molecule has 0 spiro atoms. The molecule has 4 heteroatoms. The molecular weight excluding hydrogens is 314 g/mol. The van der Waals surface area contributed by atoms with Crippen LogP contribution >= 0.6 is 0 Å². The summed E-state index contributed by atoms with van der Waals surface area (Å²) in [5.41, 5.74) is 0.0389. The van der Waals surface area contributed by atoms with Crippen LogP contribution in [0.4, 0.5) is 0 Å². The molecule has 1 fully saturated rings. The highest BCUT2D eigenvalue weighted by Gasteiger charge is 2.52. The lowest BCUT2D eigenvalue weighted by Crippen LogP contribution is -2.61. The van der Waals surface area contributed by atoms with Gasteiger partial charge in [-0.2, -0.15) is 0 Å². The molecule has 1 aliphatic rings. The van der Waals surface area contributed by atoms with Gasteiger partial charge < -0.3 is 15.5 Å². The molecule has 25 heavy (non-hydrogen) atoms. The second-order valence-electron chi connectivity index (χ2n) is 7.31. The van der Waals surface area contributed by atoms with Crippen LogP contribution in [-0.4, -0.2) is 34.2 Å². The van der Waals surface area contributed by atoms with Crippen molar-refractivity contribution in [3.05, 3.63) is 42.5 Å². The first-order valence-corrected chi connectivity index (χ1v) is 9.02. The zero-order chi connectivity index (χ0) is 19.1. The van der Waals surface area contributed by atoms with Crippen LogP contribution in [0.2, 0.25) is 0 Å². The molecular formula is C21H33NO3. The smallest absolute Gasteiger partial charge is 0.133 e. The highest BCUT2D eigenvalue weighted by atomic mass is 16.3. The van der Waals surface area contributed by atoms with E-state index in [1.54, 1.807) is 18.2 Å². The first-order chi connectivity index (χ1) is 11.7. The van der Waals surface area contributed by atoms with Crippen LogP contribution in [0.1, 0.15) is 52.0 Å². The van der Waals surface area contributed by atoms with Gasteiger partial charge in [0.2, 0.25) is 0 Å². The SMILES string of the molecule is C=CCNC(C)C1(O)CCC(=O)CC1(C)CC.Cc1ccc(O)cc1. The Bertz CT molecular complexity index is 548. The first kappa shape index (κ1) is 21.4. The second-order valence-corrected chi connectivity index (χ2v) is 7.31. The molecule has 1 saturated carbocycles. The Hall–Kier alpha value is -1.65. The monoisotopic (exact) mass is 347 g/mol. The molecule has 1 aromatic carbocycles. The minimum Gasteiger partial charge on any atom is -0.508 e. The number of carbonyl (C=O) groups is 1. The Morgan fingerprint density at radius 1 is 1.36 bits per heavy atom. The molecule has 1 aromatic rings. The number of carbonyl (C=O) groups excluding carboxylic acids is 1. The summed E-state index contributed by atoms with van der Waals surface area (Å²) >= 11 is 0. The fourth-order valence-corrected chi connectivity index (χ4v) is 3.45. The van der Waals surface area contributed by atoms with Gasteiger partial charge in [0.15, 0.2) is 0 Å². The van der Waals surface area contributed by atoms with Crippen molar-refractivity contribution in [2.24, 2.45) is 5.41 Å². The lowest BCUT2D eigenvalue weighted by molar-refractivity contribution is -0.151. The molecule has 3 atom stereocenters. The molecule has 3 unspecified atom stereocenters. The molecule has 2 rings (SSSR count). The number of aryl methyl sites for hydroxylation is 1. The zero-order valence-electron chi connectivity index (χ0n) is 16.0. The van der Waals surface area contributed by atoms with E-state index in [0.29, 0.717) is 31.6 Å². The number of rotatable bonds is 5. The molecule has 0 saturated heterocycles. The minimum absolute atomic E-state index is 0.0291. The molecule has 0 heterocycles. The number of aromatic hydroxyl groups is 1. The van der Waals surface area contributed by atoms with Crippen LogP contribution in [0.3, 0.4) is 0 Å². The number of aliphatic hydroxyl groups is 1. The fourth-order valence-electron chi connectivity index (χ4n) is 3.45. The Morgan fingerprint density at radius 3 is 2.44 bits per heavy atom. The Kier molecular flexibility index (Phi) is 7.84. The third-order valence-corrected chi connectivity index (χ3v) is 5.52. The van der Waals surface area contributed by atoms with E-state index in [1.165, 1.54) is 5.56 Å². The van der Waals surface area contributed by atoms with Gasteiger partial charge in [-0.3, -0.25) is 4.79 Å². The van der Waals surface area contributed by atoms with Gasteiger partial charge in [-0.05, 0) is 38.8 Å². The Balaban J connectivity index is 0.000000324. The van der Waals surface area contributed by atoms with Crippen LogP contribution in [0, 0.1) is 12.3 Å². The summed E-state index contributed by atoms with van der Waals surface area (Å²) in [6, 6.07) is 7.06. The number of nitrogens with one attached hydrogen (secondary N) is 1. The molecule has 140 valence electrons. The maximum Gasteiger partial charge on any atom is 0.133 e. The van der Waals surface area contributed by atoms with Gasteiger partial charge in [-0.25, -0.2) is 0 Å². The first-order valence-electron chi connectivity index (χ1n) is 9.02. The number of phenolic OH excluding ortho intramolecular Hbond substituents is 1. The number of benzene rings is 1. The lowest BCUT2D eigenvalue weighted by atomic mass is 9.60. The van der Waals surface area contributed by atoms with E-state index in [1.807, 2.05) is 39.8 Å². The summed E-state index contributed by atoms with van der Waals surface area (Å²) in [5.74, 6) is 0.602. The third-order valence-electron chi connectivity index (χ3n) is 5.52. The topological polar surface area (TPSA) is 69.6 Å². The molecule has 0 aliphatic heterocycles. The van der Waals surface area contributed by atoms with Crippen LogP contribution in [0.5, 0.6) is 5.75 Å². The van der Waals surface area contributed by atoms with Crippen molar-refractivity contribution in [3.63, 3.8) is 0 Å². The lowest BCUT2D eigenvalue weighted by Gasteiger charge is -2.51. The zero-order valence-corrected chi connectivity index (χ0v) is 16.0. The van der Waals surface area contributed by atoms with Gasteiger partial charge in [0.05, 0.1) is 5.60 Å². The Morgan fingerprint density at radius 2 is 1.96 bits per heavy atom. The van der Waals surface area contributed by atoms with E-state index in [9.17, 15) is 9.90 Å². The maximum atomic E-state index is 11.6. The fraction of sp³-hybridized carbons (Fsp3) is 0.571. The van der Waals surface area contributed by atoms with Gasteiger partial charge in [-0.1, -0.05) is 37.6 Å². The summed E-state index contributed by atoms with van der Waals surface area (Å²) in [4.78, 5) is 11.6. The number of hydrogen-bond acceptors (Lipinski definition) is 4. The van der Waals surface area contributed by atoms with Crippen molar-refractivity contribution >= 4 is 5.78 Å². The van der Waals surface area contributed by atoms with E-state index < -0.39 is 5.60 Å². The van der Waals surface area contributed by atoms with Crippen LogP contribution in [0.25, 0.3) is 0 Å². The average molecular weight is 347 g/mol. The summed E-state index contributed by atoms with van der Waals surface area (Å²) in [6.45, 7) is 12.4. The highest BCUT2D eigenvalue weighted by molar-refractivity contribution is 5.80. The number of ketones is 1. The molecule has 0 radical (unpaired) electrons. The van der Waals surface area contributed by atoms with Gasteiger partial charge in [0.1, 0.15) is 11.5 Å². The van der Waals surface area contributed by atoms with Gasteiger partial charge in [0, 0.05) is 30.8 Å². The predicted molar refractivity (Wildman–Crippen MR) is 103 cm³/mol. The van der Waals surface area contributed by atoms with E-state index in [2.05, 4.69) is 11.9 Å². The van der Waals surface area contributed by atoms with Gasteiger partial charge >= 0.3 is 0 Å². The van der Waals surface area contributed by atoms with E-state index >= 15 is 0 Å². The molecule has 0 bridgehead atoms. The second kappa shape index (κ2) is 9.16. The average Bonchev–Trinajstić information content (AvgIpc) is 2.59. The molecule has 4 nitrogen and oxygen atoms in total. The van der Waals surface area contributed by atoms with E-state index in [-0.39, 0.29) is 17.2 Å². The van der Waals surface area contributed by atoms with Crippen molar-refractivity contribution in [2.45, 2.75) is 65.0 Å². The highest BCUT2D eigenvalue weighted by Crippen LogP contribution is 2.47. The Labute approximate surface area is 152 Å². The summed E-state index contributed by atoms with van der Waals surface area (Å²) in [7, 11) is 0. The van der Waals surface area contributed by atoms with Gasteiger partial charge in [0.25, 0.3) is 0 Å². The molecule has 3 N–H and O–H groups in total. The summed E-state index contributed by atoms with van der Waals surface area (Å²) in [5, 5.41) is 23.0. The standard InChI is InChI=1S/C14H25NO2.C7H8O/c1-5-9-15-11(3)14(17)8-7-12(16)10-13(14,4)6-2;1-6-2-4-7(8)5-3-6/h5,11,15,17H,1,6-10H2,2-4H3;2-5,8H,1H3. The van der Waals surface area contributed by atoms with Crippen LogP contribution in [0.15, 0.2) is 36.9 Å². The van der Waals surface area contributed by atoms with Crippen molar-refractivity contribution in [2.75, 3.05) is 6.54 Å². The van der Waals surface area contributed by atoms with Crippen molar-refractivity contribution < 1.29 is 15.0 Å². The van der Waals surface area contributed by atoms with Crippen molar-refractivity contribution in [1.82, 2.24) is 5.32 Å². The predicted octanol–water partition coefficient (Wildman–Crippen LogP) is 3.75. The molecule has 0 aromatic heterocycles. The van der Waals surface area contributed by atoms with E-state index in [4.69, 9.17) is 5.11 Å². The van der Waals surface area contributed by atoms with E-state index in [0.717, 1.165) is 6.42 Å². The quantitative estimate of drug-likeness (QED) is 0.710. The van der Waals surface area contributed by atoms with Crippen molar-refractivity contribution in [3.8, 4) is 5.75 Å². The summed E-state index contributed by atoms with van der Waals surface area (Å²) in [6.07, 6.45) is 4.14. The molecule has 1 aliphatic carbocycles. The largest absolute Gasteiger partial charge is 0.508 e.